The van der Waals surface area contributed by atoms with E-state index < -0.39 is 12.0 Å². The van der Waals surface area contributed by atoms with Crippen molar-refractivity contribution in [2.24, 2.45) is 0 Å². The molecular weight excluding hydrogens is 224 g/mol. The zero-order chi connectivity index (χ0) is 12.3. The Morgan fingerprint density at radius 3 is 2.65 bits per heavy atom. The molecule has 1 saturated heterocycles. The lowest BCUT2D eigenvalue weighted by Gasteiger charge is -2.32. The molecule has 0 aliphatic carbocycles. The fraction of sp³-hybridized carbons (Fsp3) is 0.538. The molecule has 1 aliphatic rings. The van der Waals surface area contributed by atoms with Crippen molar-refractivity contribution in [1.29, 1.82) is 0 Å². The van der Waals surface area contributed by atoms with Crippen LogP contribution >= 0.6 is 0 Å². The first-order valence-corrected chi connectivity index (χ1v) is 5.86. The molecular formula is C13H17F2NO. The van der Waals surface area contributed by atoms with Crippen molar-refractivity contribution >= 4 is 0 Å². The summed E-state index contributed by atoms with van der Waals surface area (Å²) in [7, 11) is 1.59. The first-order chi connectivity index (χ1) is 8.12. The Balaban J connectivity index is 2.03. The number of halogens is 2. The van der Waals surface area contributed by atoms with Crippen LogP contribution in [0.4, 0.5) is 8.78 Å². The molecule has 1 atom stereocenters. The number of alkyl halides is 2. The summed E-state index contributed by atoms with van der Waals surface area (Å²) in [6.07, 6.45) is 0.893. The molecule has 2 rings (SSSR count). The monoisotopic (exact) mass is 241 g/mol. The predicted molar refractivity (Wildman–Crippen MR) is 62.7 cm³/mol. The molecule has 4 heteroatoms. The van der Waals surface area contributed by atoms with Crippen molar-refractivity contribution in [1.82, 2.24) is 5.32 Å². The number of hydrogen-bond donors (Lipinski definition) is 1. The van der Waals surface area contributed by atoms with Crippen LogP contribution in [0, 0.1) is 0 Å². The second-order valence-electron chi connectivity index (χ2n) is 4.42. The predicted octanol–water partition coefficient (Wildman–Crippen LogP) is 2.63. The summed E-state index contributed by atoms with van der Waals surface area (Å²) in [5, 5.41) is 2.91. The van der Waals surface area contributed by atoms with Gasteiger partial charge in [0.15, 0.2) is 0 Å². The molecule has 0 aromatic heterocycles. The minimum absolute atomic E-state index is 0.0131. The van der Waals surface area contributed by atoms with Crippen LogP contribution in [0.25, 0.3) is 0 Å². The Hall–Kier alpha value is -1.16. The van der Waals surface area contributed by atoms with Crippen molar-refractivity contribution in [3.8, 4) is 5.75 Å². The molecule has 1 unspecified atom stereocenters. The maximum atomic E-state index is 13.6. The Morgan fingerprint density at radius 2 is 2.06 bits per heavy atom. The summed E-state index contributed by atoms with van der Waals surface area (Å²) in [4.78, 5) is 0. The van der Waals surface area contributed by atoms with Gasteiger partial charge < -0.3 is 10.1 Å². The third-order valence-electron chi connectivity index (χ3n) is 3.19. The van der Waals surface area contributed by atoms with E-state index in [4.69, 9.17) is 4.74 Å². The first kappa shape index (κ1) is 12.3. The van der Waals surface area contributed by atoms with Crippen LogP contribution in [0.3, 0.4) is 0 Å². The molecule has 1 aromatic carbocycles. The highest BCUT2D eigenvalue weighted by Gasteiger charge is 2.40. The second kappa shape index (κ2) is 5.00. The van der Waals surface area contributed by atoms with Gasteiger partial charge in [0.25, 0.3) is 5.92 Å². The summed E-state index contributed by atoms with van der Waals surface area (Å²) in [6, 6.07) is 6.54. The second-order valence-corrected chi connectivity index (χ2v) is 4.42. The number of benzene rings is 1. The summed E-state index contributed by atoms with van der Waals surface area (Å²) < 4.78 is 32.3. The number of ether oxygens (including phenoxy) is 1. The van der Waals surface area contributed by atoms with Crippen LogP contribution < -0.4 is 10.1 Å². The van der Waals surface area contributed by atoms with Gasteiger partial charge in [0.2, 0.25) is 0 Å². The molecule has 0 amide bonds. The molecule has 0 bridgehead atoms. The summed E-state index contributed by atoms with van der Waals surface area (Å²) in [5.41, 5.74) is 0.907. The van der Waals surface area contributed by atoms with Crippen LogP contribution in [0.1, 0.15) is 18.4 Å². The van der Waals surface area contributed by atoms with Gasteiger partial charge in [0.05, 0.1) is 13.2 Å². The van der Waals surface area contributed by atoms with Gasteiger partial charge in [0.1, 0.15) is 5.75 Å². The maximum absolute atomic E-state index is 13.6. The van der Waals surface area contributed by atoms with Gasteiger partial charge in [0, 0.05) is 6.42 Å². The molecule has 2 nitrogen and oxygen atoms in total. The SMILES string of the molecule is COc1ccc(CC2NCCCC2(F)F)cc1. The first-order valence-electron chi connectivity index (χ1n) is 5.86. The third-order valence-corrected chi connectivity index (χ3v) is 3.19. The van der Waals surface area contributed by atoms with E-state index in [9.17, 15) is 8.78 Å². The number of rotatable bonds is 3. The van der Waals surface area contributed by atoms with Gasteiger partial charge in [-0.25, -0.2) is 8.78 Å². The number of piperidine rings is 1. The minimum atomic E-state index is -2.60. The van der Waals surface area contributed by atoms with E-state index in [0.717, 1.165) is 11.3 Å². The molecule has 1 heterocycles. The van der Waals surface area contributed by atoms with Gasteiger partial charge in [-0.15, -0.1) is 0 Å². The zero-order valence-electron chi connectivity index (χ0n) is 9.88. The normalized spacial score (nSPS) is 23.4. The Kier molecular flexibility index (Phi) is 3.62. The smallest absolute Gasteiger partial charge is 0.263 e. The highest BCUT2D eigenvalue weighted by atomic mass is 19.3. The standard InChI is InChI=1S/C13H17F2NO/c1-17-11-5-3-10(4-6-11)9-12-13(14,15)7-2-8-16-12/h3-6,12,16H,2,7-9H2,1H3. The number of hydrogen-bond acceptors (Lipinski definition) is 2. The van der Waals surface area contributed by atoms with Gasteiger partial charge in [-0.2, -0.15) is 0 Å². The van der Waals surface area contributed by atoms with E-state index in [1.165, 1.54) is 0 Å². The highest BCUT2D eigenvalue weighted by Crippen LogP contribution is 2.30. The van der Waals surface area contributed by atoms with Crippen LogP contribution in [-0.4, -0.2) is 25.6 Å². The molecule has 0 saturated carbocycles. The van der Waals surface area contributed by atoms with Crippen molar-refractivity contribution in [3.05, 3.63) is 29.8 Å². The Morgan fingerprint density at radius 1 is 1.35 bits per heavy atom. The van der Waals surface area contributed by atoms with Crippen LogP contribution in [-0.2, 0) is 6.42 Å². The fourth-order valence-electron chi connectivity index (χ4n) is 2.14. The van der Waals surface area contributed by atoms with Gasteiger partial charge >= 0.3 is 0 Å². The molecule has 1 aliphatic heterocycles. The van der Waals surface area contributed by atoms with Crippen LogP contribution in [0.15, 0.2) is 24.3 Å². The summed E-state index contributed by atoms with van der Waals surface area (Å²) in [6.45, 7) is 0.677. The van der Waals surface area contributed by atoms with Crippen molar-refractivity contribution in [2.45, 2.75) is 31.2 Å². The van der Waals surface area contributed by atoms with E-state index in [1.54, 1.807) is 19.2 Å². The molecule has 0 radical (unpaired) electrons. The van der Waals surface area contributed by atoms with E-state index in [0.29, 0.717) is 19.4 Å². The molecule has 0 spiro atoms. The fourth-order valence-corrected chi connectivity index (χ4v) is 2.14. The van der Waals surface area contributed by atoms with Crippen molar-refractivity contribution in [2.75, 3.05) is 13.7 Å². The Labute approximate surface area is 100.0 Å². The van der Waals surface area contributed by atoms with E-state index in [2.05, 4.69) is 5.32 Å². The van der Waals surface area contributed by atoms with Crippen LogP contribution in [0.2, 0.25) is 0 Å². The summed E-state index contributed by atoms with van der Waals surface area (Å²) >= 11 is 0. The largest absolute Gasteiger partial charge is 0.497 e. The average Bonchev–Trinajstić information content (AvgIpc) is 2.33. The van der Waals surface area contributed by atoms with Gasteiger partial charge in [-0.3, -0.25) is 0 Å². The zero-order valence-corrected chi connectivity index (χ0v) is 9.88. The van der Waals surface area contributed by atoms with E-state index >= 15 is 0 Å². The highest BCUT2D eigenvalue weighted by molar-refractivity contribution is 5.28. The average molecular weight is 241 g/mol. The molecule has 17 heavy (non-hydrogen) atoms. The number of nitrogens with one attached hydrogen (secondary N) is 1. The van der Waals surface area contributed by atoms with Crippen molar-refractivity contribution < 1.29 is 13.5 Å². The molecule has 94 valence electrons. The lowest BCUT2D eigenvalue weighted by molar-refractivity contribution is -0.0602. The molecule has 1 aromatic rings. The quantitative estimate of drug-likeness (QED) is 0.878. The van der Waals surface area contributed by atoms with Gasteiger partial charge in [-0.1, -0.05) is 12.1 Å². The lowest BCUT2D eigenvalue weighted by Crippen LogP contribution is -2.50. The van der Waals surface area contributed by atoms with Gasteiger partial charge in [-0.05, 0) is 37.1 Å². The van der Waals surface area contributed by atoms with Crippen molar-refractivity contribution in [3.63, 3.8) is 0 Å². The van der Waals surface area contributed by atoms with E-state index in [-0.39, 0.29) is 6.42 Å². The minimum Gasteiger partial charge on any atom is -0.497 e. The molecule has 1 fully saturated rings. The summed E-state index contributed by atoms with van der Waals surface area (Å²) in [5.74, 6) is -1.85. The topological polar surface area (TPSA) is 21.3 Å². The maximum Gasteiger partial charge on any atom is 0.263 e. The molecule has 1 N–H and O–H groups in total. The Bertz CT molecular complexity index is 364. The third kappa shape index (κ3) is 2.94. The lowest BCUT2D eigenvalue weighted by atomic mass is 9.94. The van der Waals surface area contributed by atoms with Crippen LogP contribution in [0.5, 0.6) is 5.75 Å². The number of methoxy groups -OCH3 is 1. The van der Waals surface area contributed by atoms with E-state index in [1.807, 2.05) is 12.1 Å².